The number of esters is 1. The second-order valence-corrected chi connectivity index (χ2v) is 11.0. The molecule has 0 aromatic heterocycles. The third-order valence-electron chi connectivity index (χ3n) is 1.12. The first-order valence-electron chi connectivity index (χ1n) is 4.07. The molecule has 13 heavy (non-hydrogen) atoms. The maximum atomic E-state index is 9.84. The van der Waals surface area contributed by atoms with E-state index in [0.717, 1.165) is 6.08 Å². The van der Waals surface area contributed by atoms with Gasteiger partial charge in [0.15, 0.2) is 0 Å². The third kappa shape index (κ3) is 24.5. The van der Waals surface area contributed by atoms with Crippen LogP contribution in [0.1, 0.15) is 13.3 Å². The van der Waals surface area contributed by atoms with Crippen LogP contribution >= 0.6 is 0 Å². The Labute approximate surface area is 88.2 Å². The van der Waals surface area contributed by atoms with Gasteiger partial charge in [0, 0.05) is 6.08 Å². The number of carbonyl (C=O) groups is 1. The van der Waals surface area contributed by atoms with Crippen LogP contribution in [0.15, 0.2) is 12.7 Å². The van der Waals surface area contributed by atoms with Gasteiger partial charge in [-0.3, -0.25) is 0 Å². The zero-order valence-corrected chi connectivity index (χ0v) is 11.9. The Bertz CT molecular complexity index is 124. The minimum atomic E-state index is -0.615. The Morgan fingerprint density at radius 2 is 2.00 bits per heavy atom. The van der Waals surface area contributed by atoms with Crippen molar-refractivity contribution in [1.29, 1.82) is 0 Å². The van der Waals surface area contributed by atoms with Crippen LogP contribution in [0, 0.1) is 0 Å². The van der Waals surface area contributed by atoms with Crippen LogP contribution in [0.3, 0.4) is 0 Å². The van der Waals surface area contributed by atoms with Gasteiger partial charge in [-0.25, -0.2) is 4.79 Å². The van der Waals surface area contributed by atoms with E-state index in [4.69, 9.17) is 0 Å². The van der Waals surface area contributed by atoms with Crippen molar-refractivity contribution in [3.63, 3.8) is 0 Å². The minimum absolute atomic E-state index is 0. The van der Waals surface area contributed by atoms with Crippen molar-refractivity contribution in [3.8, 4) is 0 Å². The summed E-state index contributed by atoms with van der Waals surface area (Å²) in [7, 11) is 1.31. The van der Waals surface area contributed by atoms with Gasteiger partial charge in [0.25, 0.3) is 0 Å². The molecule has 0 aliphatic heterocycles. The first-order valence-corrected chi connectivity index (χ1v) is 11.8. The first kappa shape index (κ1) is 18.7. The Hall–Kier alpha value is -0.0313. The molecule has 79 valence electrons. The topological polar surface area (TPSA) is 57.8 Å². The van der Waals surface area contributed by atoms with Crippen molar-refractivity contribution >= 4 is 25.7 Å². The largest absolute Gasteiger partial charge is 0.412 e. The number of hydrogen-bond acceptors (Lipinski definition) is 2. The molecule has 0 spiro atoms. The summed E-state index contributed by atoms with van der Waals surface area (Å²) in [5.74, 6) is -0.394. The molecule has 0 rings (SSSR count). The van der Waals surface area contributed by atoms with Gasteiger partial charge >= 0.3 is 53.4 Å². The SMILES string of the molecule is C=CC(=O)OC.CC[CH2][Sn]([CH3])[CH3].O. The predicted molar refractivity (Wildman–Crippen MR) is 58.4 cm³/mol. The fourth-order valence-corrected chi connectivity index (χ4v) is 3.44. The molecule has 0 bridgehead atoms. The van der Waals surface area contributed by atoms with Crippen LogP contribution in [0.4, 0.5) is 0 Å². The average Bonchev–Trinajstić information content (AvgIpc) is 2.04. The van der Waals surface area contributed by atoms with Crippen LogP contribution in [-0.4, -0.2) is 38.3 Å². The van der Waals surface area contributed by atoms with E-state index >= 15 is 0 Å². The van der Waals surface area contributed by atoms with Gasteiger partial charge in [-0.1, -0.05) is 6.58 Å². The summed E-state index contributed by atoms with van der Waals surface area (Å²) in [5.41, 5.74) is 0. The van der Waals surface area contributed by atoms with Crippen LogP contribution in [0.2, 0.25) is 14.3 Å². The zero-order valence-electron chi connectivity index (χ0n) is 9.02. The molecule has 0 aromatic rings. The fourth-order valence-electron chi connectivity index (χ4n) is 0.583. The van der Waals surface area contributed by atoms with Crippen LogP contribution in [0.25, 0.3) is 0 Å². The summed E-state index contributed by atoms with van der Waals surface area (Å²) >= 11 is -0.615. The molecule has 4 heteroatoms. The maximum Gasteiger partial charge on any atom is -0.412 e. The quantitative estimate of drug-likeness (QED) is 0.452. The van der Waals surface area contributed by atoms with Crippen molar-refractivity contribution in [3.05, 3.63) is 12.7 Å². The van der Waals surface area contributed by atoms with E-state index in [-0.39, 0.29) is 5.48 Å². The van der Waals surface area contributed by atoms with Gasteiger partial charge in [-0.05, 0) is 0 Å². The van der Waals surface area contributed by atoms with E-state index in [9.17, 15) is 4.79 Å². The summed E-state index contributed by atoms with van der Waals surface area (Å²) in [6.45, 7) is 5.43. The summed E-state index contributed by atoms with van der Waals surface area (Å²) < 4.78 is 5.71. The van der Waals surface area contributed by atoms with E-state index in [1.807, 2.05) is 0 Å². The molecule has 3 nitrogen and oxygen atoms in total. The summed E-state index contributed by atoms with van der Waals surface area (Å²) in [6, 6.07) is 0. The van der Waals surface area contributed by atoms with E-state index < -0.39 is 25.7 Å². The van der Waals surface area contributed by atoms with Gasteiger partial charge in [-0.2, -0.15) is 0 Å². The standard InChI is InChI=1S/C4H6O2.C3H7.2CH3.H2O.Sn/c1-3-4(5)6-2;1-3-2;;;;/h3H,1H2,2H3;1,3H2,2H3;2*1H3;1H2;. The zero-order chi connectivity index (χ0) is 9.98. The minimum Gasteiger partial charge on any atom is -0.412 e. The molecule has 0 saturated carbocycles. The molecule has 0 aromatic carbocycles. The molecular formula is C9H21O3Sn. The van der Waals surface area contributed by atoms with E-state index in [1.165, 1.54) is 13.5 Å². The van der Waals surface area contributed by atoms with E-state index in [2.05, 4.69) is 28.1 Å². The maximum absolute atomic E-state index is 9.84. The molecular weight excluding hydrogens is 275 g/mol. The molecule has 0 saturated heterocycles. The first-order chi connectivity index (χ1) is 5.58. The Kier molecular flexibility index (Phi) is 20.8. The molecule has 1 radical (unpaired) electrons. The number of methoxy groups -OCH3 is 1. The Balaban J connectivity index is -0.000000143. The van der Waals surface area contributed by atoms with Crippen molar-refractivity contribution in [2.24, 2.45) is 0 Å². The van der Waals surface area contributed by atoms with Gasteiger partial charge in [0.2, 0.25) is 0 Å². The smallest absolute Gasteiger partial charge is 0.412 e. The summed E-state index contributed by atoms with van der Waals surface area (Å²) in [4.78, 5) is 14.7. The van der Waals surface area contributed by atoms with E-state index in [0.29, 0.717) is 0 Å². The molecule has 0 aliphatic carbocycles. The van der Waals surface area contributed by atoms with Gasteiger partial charge in [0.1, 0.15) is 0 Å². The average molecular weight is 296 g/mol. The predicted octanol–water partition coefficient (Wildman–Crippen LogP) is 1.67. The molecule has 0 unspecified atom stereocenters. The molecule has 2 N–H and O–H groups in total. The van der Waals surface area contributed by atoms with Gasteiger partial charge in [-0.15, -0.1) is 0 Å². The number of rotatable bonds is 3. The van der Waals surface area contributed by atoms with Crippen molar-refractivity contribution in [2.45, 2.75) is 27.7 Å². The third-order valence-corrected chi connectivity index (χ3v) is 5.40. The number of carbonyl (C=O) groups excluding carboxylic acids is 1. The van der Waals surface area contributed by atoms with Crippen LogP contribution in [-0.2, 0) is 9.53 Å². The van der Waals surface area contributed by atoms with Gasteiger partial charge < -0.3 is 10.2 Å². The van der Waals surface area contributed by atoms with Crippen molar-refractivity contribution in [2.75, 3.05) is 7.11 Å². The van der Waals surface area contributed by atoms with Crippen LogP contribution in [0.5, 0.6) is 0 Å². The Morgan fingerprint density at radius 3 is 2.00 bits per heavy atom. The second-order valence-electron chi connectivity index (χ2n) is 2.68. The second kappa shape index (κ2) is 14.5. The fraction of sp³-hybridized carbons (Fsp3) is 0.667. The summed E-state index contributed by atoms with van der Waals surface area (Å²) in [6.07, 6.45) is 2.53. The Morgan fingerprint density at radius 1 is 1.54 bits per heavy atom. The van der Waals surface area contributed by atoms with E-state index in [1.54, 1.807) is 4.44 Å². The molecule has 0 fully saturated rings. The number of ether oxygens (including phenoxy) is 1. The molecule has 0 heterocycles. The monoisotopic (exact) mass is 297 g/mol. The summed E-state index contributed by atoms with van der Waals surface area (Å²) in [5, 5.41) is 0. The normalized spacial score (nSPS) is 7.77. The molecule has 0 atom stereocenters. The molecule has 0 amide bonds. The van der Waals surface area contributed by atoms with Crippen molar-refractivity contribution in [1.82, 2.24) is 0 Å². The molecule has 0 aliphatic rings. The van der Waals surface area contributed by atoms with Crippen molar-refractivity contribution < 1.29 is 15.0 Å². The number of hydrogen-bond donors (Lipinski definition) is 0. The van der Waals surface area contributed by atoms with Crippen LogP contribution < -0.4 is 0 Å². The van der Waals surface area contributed by atoms with Gasteiger partial charge in [0.05, 0.1) is 7.11 Å².